The van der Waals surface area contributed by atoms with Crippen LogP contribution in [0, 0.1) is 11.8 Å². The van der Waals surface area contributed by atoms with Gasteiger partial charge in [-0.25, -0.2) is 0 Å². The summed E-state index contributed by atoms with van der Waals surface area (Å²) in [5.41, 5.74) is 0.771. The molecule has 1 atom stereocenters. The van der Waals surface area contributed by atoms with Gasteiger partial charge in [0.1, 0.15) is 0 Å². The van der Waals surface area contributed by atoms with Gasteiger partial charge in [0.05, 0.1) is 5.60 Å². The summed E-state index contributed by atoms with van der Waals surface area (Å²) in [6, 6.07) is 3.81. The molecule has 4 heterocycles. The summed E-state index contributed by atoms with van der Waals surface area (Å²) in [4.78, 5) is 23.6. The van der Waals surface area contributed by atoms with Crippen LogP contribution in [0.15, 0.2) is 29.0 Å². The van der Waals surface area contributed by atoms with E-state index < -0.39 is 0 Å². The highest BCUT2D eigenvalue weighted by Gasteiger charge is 2.41. The lowest BCUT2D eigenvalue weighted by molar-refractivity contribution is -0.148. The average molecular weight is 439 g/mol. The maximum Gasteiger partial charge on any atom is 0.227 e. The zero-order valence-corrected chi connectivity index (χ0v) is 18.9. The van der Waals surface area contributed by atoms with Gasteiger partial charge in [-0.3, -0.25) is 9.78 Å². The molecule has 1 saturated carbocycles. The van der Waals surface area contributed by atoms with Crippen LogP contribution in [0.3, 0.4) is 0 Å². The first kappa shape index (κ1) is 21.6. The molecule has 0 bridgehead atoms. The number of piperidine rings is 1. The lowest BCUT2D eigenvalue weighted by Crippen LogP contribution is -2.51. The van der Waals surface area contributed by atoms with E-state index in [1.807, 2.05) is 12.1 Å². The molecule has 3 fully saturated rings. The van der Waals surface area contributed by atoms with Crippen LogP contribution in [0.1, 0.15) is 70.1 Å². The molecule has 1 spiro atoms. The number of hydrogen-bond acceptors (Lipinski definition) is 6. The van der Waals surface area contributed by atoms with Gasteiger partial charge >= 0.3 is 0 Å². The first-order chi connectivity index (χ1) is 15.7. The summed E-state index contributed by atoms with van der Waals surface area (Å²) < 4.78 is 11.8. The van der Waals surface area contributed by atoms with Crippen molar-refractivity contribution in [2.75, 3.05) is 19.7 Å². The number of amides is 1. The van der Waals surface area contributed by atoms with E-state index in [1.165, 1.54) is 32.1 Å². The molecular formula is C25H34N4O3. The van der Waals surface area contributed by atoms with Crippen molar-refractivity contribution in [1.29, 1.82) is 0 Å². The zero-order valence-electron chi connectivity index (χ0n) is 18.9. The number of rotatable bonds is 5. The van der Waals surface area contributed by atoms with Gasteiger partial charge in [0, 0.05) is 50.5 Å². The van der Waals surface area contributed by atoms with Gasteiger partial charge in [-0.05, 0) is 62.5 Å². The molecule has 2 saturated heterocycles. The Morgan fingerprint density at radius 2 is 1.97 bits per heavy atom. The molecule has 0 N–H and O–H groups in total. The topological polar surface area (TPSA) is 81.4 Å². The number of carbonyl (C=O) groups excluding carboxylic acids is 1. The van der Waals surface area contributed by atoms with Crippen LogP contribution in [-0.2, 0) is 16.0 Å². The minimum atomic E-state index is -0.100. The van der Waals surface area contributed by atoms with E-state index in [0.29, 0.717) is 29.5 Å². The van der Waals surface area contributed by atoms with E-state index in [2.05, 4.69) is 20.0 Å². The van der Waals surface area contributed by atoms with E-state index in [1.54, 1.807) is 12.4 Å². The van der Waals surface area contributed by atoms with Crippen molar-refractivity contribution in [3.63, 3.8) is 0 Å². The molecule has 2 aliphatic heterocycles. The minimum Gasteiger partial charge on any atom is -0.375 e. The van der Waals surface area contributed by atoms with Gasteiger partial charge in [0.15, 0.2) is 0 Å². The predicted octanol–water partition coefficient (Wildman–Crippen LogP) is 4.43. The highest BCUT2D eigenvalue weighted by Crippen LogP contribution is 2.39. The fraction of sp³-hybridized carbons (Fsp3) is 0.680. The van der Waals surface area contributed by atoms with Crippen LogP contribution in [-0.4, -0.2) is 51.2 Å². The predicted molar refractivity (Wildman–Crippen MR) is 120 cm³/mol. The Hall–Kier alpha value is -2.28. The smallest absolute Gasteiger partial charge is 0.227 e. The largest absolute Gasteiger partial charge is 0.375 e. The molecule has 0 unspecified atom stereocenters. The SMILES string of the molecule is O=C(CC1CCCCC1)N1CCC2(CC1)C[C@@H](Cc1nc(-c3cccnc3)no1)CCO2. The van der Waals surface area contributed by atoms with Crippen LogP contribution in [0.4, 0.5) is 0 Å². The number of carbonyl (C=O) groups is 1. The Morgan fingerprint density at radius 3 is 2.75 bits per heavy atom. The van der Waals surface area contributed by atoms with E-state index in [4.69, 9.17) is 9.26 Å². The van der Waals surface area contributed by atoms with Crippen molar-refractivity contribution >= 4 is 5.91 Å². The van der Waals surface area contributed by atoms with Crippen LogP contribution in [0.5, 0.6) is 0 Å². The fourth-order valence-electron chi connectivity index (χ4n) is 5.78. The van der Waals surface area contributed by atoms with Crippen molar-refractivity contribution < 1.29 is 14.1 Å². The van der Waals surface area contributed by atoms with Crippen molar-refractivity contribution in [2.45, 2.75) is 76.2 Å². The van der Waals surface area contributed by atoms with Crippen LogP contribution in [0.2, 0.25) is 0 Å². The molecule has 2 aromatic heterocycles. The van der Waals surface area contributed by atoms with Crippen LogP contribution >= 0.6 is 0 Å². The second kappa shape index (κ2) is 9.69. The molecule has 2 aromatic rings. The van der Waals surface area contributed by atoms with Crippen LogP contribution < -0.4 is 0 Å². The number of pyridine rings is 1. The van der Waals surface area contributed by atoms with E-state index >= 15 is 0 Å². The van der Waals surface area contributed by atoms with Crippen molar-refractivity contribution in [3.05, 3.63) is 30.4 Å². The third-order valence-electron chi connectivity index (χ3n) is 7.66. The summed E-state index contributed by atoms with van der Waals surface area (Å²) in [5, 5.41) is 4.13. The Balaban J connectivity index is 1.13. The lowest BCUT2D eigenvalue weighted by atomic mass is 9.78. The molecule has 1 aliphatic carbocycles. The number of aromatic nitrogens is 3. The van der Waals surface area contributed by atoms with Crippen molar-refractivity contribution in [1.82, 2.24) is 20.0 Å². The highest BCUT2D eigenvalue weighted by molar-refractivity contribution is 5.76. The summed E-state index contributed by atoms with van der Waals surface area (Å²) >= 11 is 0. The third kappa shape index (κ3) is 5.03. The van der Waals surface area contributed by atoms with Gasteiger partial charge < -0.3 is 14.2 Å². The molecular weight excluding hydrogens is 404 g/mol. The molecule has 3 aliphatic rings. The summed E-state index contributed by atoms with van der Waals surface area (Å²) in [7, 11) is 0. The molecule has 32 heavy (non-hydrogen) atoms. The van der Waals surface area contributed by atoms with Gasteiger partial charge in [-0.2, -0.15) is 4.98 Å². The lowest BCUT2D eigenvalue weighted by Gasteiger charge is -2.46. The number of hydrogen-bond donors (Lipinski definition) is 0. The third-order valence-corrected chi connectivity index (χ3v) is 7.66. The van der Waals surface area contributed by atoms with Crippen molar-refractivity contribution in [2.24, 2.45) is 11.8 Å². The molecule has 172 valence electrons. The monoisotopic (exact) mass is 438 g/mol. The van der Waals surface area contributed by atoms with Gasteiger partial charge in [0.2, 0.25) is 17.6 Å². The number of nitrogens with zero attached hydrogens (tertiary/aromatic N) is 4. The molecule has 5 rings (SSSR count). The Labute approximate surface area is 189 Å². The van der Waals surface area contributed by atoms with E-state index in [9.17, 15) is 4.79 Å². The first-order valence-corrected chi connectivity index (χ1v) is 12.3. The Morgan fingerprint density at radius 1 is 1.12 bits per heavy atom. The minimum absolute atomic E-state index is 0.100. The summed E-state index contributed by atoms with van der Waals surface area (Å²) in [6.45, 7) is 2.41. The quantitative estimate of drug-likeness (QED) is 0.687. The number of likely N-dealkylation sites (tertiary alicyclic amines) is 1. The molecule has 0 radical (unpaired) electrons. The fourth-order valence-corrected chi connectivity index (χ4v) is 5.78. The average Bonchev–Trinajstić information content (AvgIpc) is 3.29. The Kier molecular flexibility index (Phi) is 6.53. The zero-order chi connectivity index (χ0) is 21.8. The molecule has 7 nitrogen and oxygen atoms in total. The van der Waals surface area contributed by atoms with Crippen molar-refractivity contribution in [3.8, 4) is 11.4 Å². The van der Waals surface area contributed by atoms with Gasteiger partial charge in [-0.1, -0.05) is 24.4 Å². The second-order valence-electron chi connectivity index (χ2n) is 9.94. The normalized spacial score (nSPS) is 24.0. The summed E-state index contributed by atoms with van der Waals surface area (Å²) in [6.07, 6.45) is 15.3. The molecule has 7 heteroatoms. The summed E-state index contributed by atoms with van der Waals surface area (Å²) in [5.74, 6) is 2.71. The maximum absolute atomic E-state index is 12.8. The number of ether oxygens (including phenoxy) is 1. The van der Waals surface area contributed by atoms with Gasteiger partial charge in [-0.15, -0.1) is 0 Å². The standard InChI is InChI=1S/C25H34N4O3/c30-23(16-19-5-2-1-3-6-19)29-12-9-25(10-13-29)17-20(8-14-31-25)15-22-27-24(28-32-22)21-7-4-11-26-18-21/h4,7,11,18-20H,1-3,5-6,8-10,12-17H2/t20-/m1/s1. The Bertz CT molecular complexity index is 886. The highest BCUT2D eigenvalue weighted by atomic mass is 16.5. The molecule has 1 amide bonds. The van der Waals surface area contributed by atoms with E-state index in [-0.39, 0.29) is 5.60 Å². The van der Waals surface area contributed by atoms with Crippen LogP contribution in [0.25, 0.3) is 11.4 Å². The van der Waals surface area contributed by atoms with Gasteiger partial charge in [0.25, 0.3) is 0 Å². The maximum atomic E-state index is 12.8. The van der Waals surface area contributed by atoms with E-state index in [0.717, 1.165) is 63.8 Å². The second-order valence-corrected chi connectivity index (χ2v) is 9.94. The first-order valence-electron chi connectivity index (χ1n) is 12.3. The molecule has 0 aromatic carbocycles.